The fraction of sp³-hybridized carbons (Fsp3) is 0.333. The Morgan fingerprint density at radius 1 is 1.26 bits per heavy atom. The van der Waals surface area contributed by atoms with Gasteiger partial charge in [0.05, 0.1) is 17.2 Å². The molecule has 0 bridgehead atoms. The number of nitrogens with zero attached hydrogens (tertiary/aromatic N) is 2. The van der Waals surface area contributed by atoms with E-state index in [4.69, 9.17) is 14.5 Å². The normalized spacial score (nSPS) is 20.9. The molecule has 0 aromatic heterocycles. The number of ether oxygens (including phenoxy) is 2. The Kier molecular flexibility index (Phi) is 6.07. The topological polar surface area (TPSA) is 71.4 Å². The fourth-order valence-corrected chi connectivity index (χ4v) is 4.54. The highest BCUT2D eigenvalue weighted by molar-refractivity contribution is 8.19. The number of carbonyl (C=O) groups excluding carboxylic acids is 1. The van der Waals surface area contributed by atoms with Gasteiger partial charge in [-0.05, 0) is 80.4 Å². The predicted octanol–water partition coefficient (Wildman–Crippen LogP) is 4.32. The van der Waals surface area contributed by atoms with E-state index in [9.17, 15) is 9.90 Å². The lowest BCUT2D eigenvalue weighted by atomic mass is 10.1. The van der Waals surface area contributed by atoms with Crippen molar-refractivity contribution in [2.24, 2.45) is 4.99 Å². The van der Waals surface area contributed by atoms with Crippen LogP contribution in [0.2, 0.25) is 0 Å². The molecule has 1 fully saturated rings. The second-order valence-electron chi connectivity index (χ2n) is 7.92. The first-order valence-electron chi connectivity index (χ1n) is 10.3. The summed E-state index contributed by atoms with van der Waals surface area (Å²) in [5.41, 5.74) is 3.89. The van der Waals surface area contributed by atoms with Crippen molar-refractivity contribution in [1.29, 1.82) is 0 Å². The average Bonchev–Trinajstić information content (AvgIpc) is 3.03. The third-order valence-electron chi connectivity index (χ3n) is 5.18. The van der Waals surface area contributed by atoms with Crippen molar-refractivity contribution in [3.63, 3.8) is 0 Å². The molecule has 2 aliphatic heterocycles. The maximum atomic E-state index is 13.4. The number of carbonyl (C=O) groups is 1. The first kappa shape index (κ1) is 21.5. The van der Waals surface area contributed by atoms with Crippen LogP contribution in [0.4, 0.5) is 5.69 Å². The van der Waals surface area contributed by atoms with Crippen molar-refractivity contribution in [3.8, 4) is 11.5 Å². The first-order chi connectivity index (χ1) is 14.9. The van der Waals surface area contributed by atoms with E-state index in [-0.39, 0.29) is 24.7 Å². The molecule has 1 saturated heterocycles. The third-order valence-corrected chi connectivity index (χ3v) is 6.16. The summed E-state index contributed by atoms with van der Waals surface area (Å²) >= 11 is 1.38. The van der Waals surface area contributed by atoms with Gasteiger partial charge in [-0.3, -0.25) is 14.7 Å². The number of anilines is 1. The van der Waals surface area contributed by atoms with Crippen LogP contribution in [-0.4, -0.2) is 41.5 Å². The van der Waals surface area contributed by atoms with Gasteiger partial charge < -0.3 is 14.6 Å². The molecular weight excluding hydrogens is 412 g/mol. The van der Waals surface area contributed by atoms with Gasteiger partial charge in [0, 0.05) is 6.04 Å². The van der Waals surface area contributed by atoms with E-state index < -0.39 is 0 Å². The lowest BCUT2D eigenvalue weighted by Crippen LogP contribution is -2.32. The van der Waals surface area contributed by atoms with Crippen LogP contribution < -0.4 is 14.4 Å². The second kappa shape index (κ2) is 8.77. The smallest absolute Gasteiger partial charge is 0.271 e. The highest BCUT2D eigenvalue weighted by Crippen LogP contribution is 2.39. The number of hydrogen-bond donors (Lipinski definition) is 1. The van der Waals surface area contributed by atoms with E-state index in [1.54, 1.807) is 11.0 Å². The van der Waals surface area contributed by atoms with Gasteiger partial charge in [0.2, 0.25) is 0 Å². The van der Waals surface area contributed by atoms with E-state index in [0.29, 0.717) is 28.2 Å². The van der Waals surface area contributed by atoms with Gasteiger partial charge in [0.15, 0.2) is 22.8 Å². The van der Waals surface area contributed by atoms with Crippen LogP contribution in [0.1, 0.15) is 30.5 Å². The molecule has 1 unspecified atom stereocenters. The van der Waals surface area contributed by atoms with Gasteiger partial charge in [0.25, 0.3) is 5.91 Å². The number of benzene rings is 2. The average molecular weight is 439 g/mol. The Balaban J connectivity index is 1.69. The number of fused-ring (bicyclic) bond motifs is 1. The summed E-state index contributed by atoms with van der Waals surface area (Å²) in [7, 11) is 0. The molecule has 1 amide bonds. The lowest BCUT2D eigenvalue weighted by Gasteiger charge is -2.25. The molecule has 1 N–H and O–H groups in total. The SMILES string of the molecule is Cc1cccc(N2C(=O)/C(=C/c3ccc4c(c3)OCC(CO)O4)SC2=NC(C)C)c1C. The van der Waals surface area contributed by atoms with Crippen LogP contribution in [0.25, 0.3) is 6.08 Å². The lowest BCUT2D eigenvalue weighted by molar-refractivity contribution is -0.113. The molecule has 7 heteroatoms. The quantitative estimate of drug-likeness (QED) is 0.720. The van der Waals surface area contributed by atoms with Crippen LogP contribution in [0, 0.1) is 13.8 Å². The van der Waals surface area contributed by atoms with Gasteiger partial charge in [-0.2, -0.15) is 0 Å². The van der Waals surface area contributed by atoms with Crippen LogP contribution in [0.15, 0.2) is 46.3 Å². The molecule has 31 heavy (non-hydrogen) atoms. The Bertz CT molecular complexity index is 1080. The van der Waals surface area contributed by atoms with E-state index >= 15 is 0 Å². The van der Waals surface area contributed by atoms with Crippen molar-refractivity contribution in [3.05, 3.63) is 58.0 Å². The number of aliphatic hydroxyl groups is 1. The Hall–Kier alpha value is -2.77. The van der Waals surface area contributed by atoms with Crippen molar-refractivity contribution in [2.75, 3.05) is 18.1 Å². The zero-order valence-corrected chi connectivity index (χ0v) is 18.9. The van der Waals surface area contributed by atoms with E-state index in [0.717, 1.165) is 22.4 Å². The molecule has 0 radical (unpaired) electrons. The predicted molar refractivity (Wildman–Crippen MR) is 125 cm³/mol. The van der Waals surface area contributed by atoms with Gasteiger partial charge >= 0.3 is 0 Å². The maximum absolute atomic E-state index is 13.4. The molecule has 0 aliphatic carbocycles. The summed E-state index contributed by atoms with van der Waals surface area (Å²) in [6.45, 7) is 8.27. The van der Waals surface area contributed by atoms with E-state index in [2.05, 4.69) is 0 Å². The number of amidine groups is 1. The van der Waals surface area contributed by atoms with E-state index in [1.165, 1.54) is 11.8 Å². The monoisotopic (exact) mass is 438 g/mol. The largest absolute Gasteiger partial charge is 0.486 e. The maximum Gasteiger partial charge on any atom is 0.271 e. The zero-order chi connectivity index (χ0) is 22.1. The number of aliphatic imine (C=N–C) groups is 1. The minimum Gasteiger partial charge on any atom is -0.486 e. The molecule has 0 spiro atoms. The molecular formula is C24H26N2O4S. The number of aryl methyl sites for hydroxylation is 1. The molecule has 0 saturated carbocycles. The van der Waals surface area contributed by atoms with Crippen LogP contribution in [0.5, 0.6) is 11.5 Å². The molecule has 162 valence electrons. The van der Waals surface area contributed by atoms with Gasteiger partial charge in [0.1, 0.15) is 6.61 Å². The highest BCUT2D eigenvalue weighted by Gasteiger charge is 2.35. The summed E-state index contributed by atoms with van der Waals surface area (Å²) in [4.78, 5) is 20.4. The Morgan fingerprint density at radius 3 is 2.81 bits per heavy atom. The molecule has 4 rings (SSSR count). The van der Waals surface area contributed by atoms with Crippen molar-refractivity contribution in [2.45, 2.75) is 39.8 Å². The molecule has 2 aliphatic rings. The van der Waals surface area contributed by atoms with E-state index in [1.807, 2.05) is 64.1 Å². The van der Waals surface area contributed by atoms with Crippen LogP contribution in [0.3, 0.4) is 0 Å². The number of aliphatic hydroxyl groups excluding tert-OH is 1. The van der Waals surface area contributed by atoms with Crippen molar-refractivity contribution < 1.29 is 19.4 Å². The van der Waals surface area contributed by atoms with Gasteiger partial charge in [-0.1, -0.05) is 18.2 Å². The van der Waals surface area contributed by atoms with Crippen LogP contribution >= 0.6 is 11.8 Å². The second-order valence-corrected chi connectivity index (χ2v) is 8.92. The minimum atomic E-state index is -0.357. The fourth-order valence-electron chi connectivity index (χ4n) is 3.43. The Morgan fingerprint density at radius 2 is 2.06 bits per heavy atom. The van der Waals surface area contributed by atoms with Crippen LogP contribution in [-0.2, 0) is 4.79 Å². The molecule has 2 heterocycles. The first-order valence-corrected chi connectivity index (χ1v) is 11.1. The zero-order valence-electron chi connectivity index (χ0n) is 18.1. The minimum absolute atomic E-state index is 0.0658. The molecule has 2 aromatic carbocycles. The summed E-state index contributed by atoms with van der Waals surface area (Å²) < 4.78 is 11.4. The number of hydrogen-bond acceptors (Lipinski definition) is 6. The summed E-state index contributed by atoms with van der Waals surface area (Å²) in [6.07, 6.45) is 1.50. The molecule has 2 aromatic rings. The molecule has 1 atom stereocenters. The highest BCUT2D eigenvalue weighted by atomic mass is 32.2. The number of amides is 1. The summed E-state index contributed by atoms with van der Waals surface area (Å²) in [5, 5.41) is 9.95. The summed E-state index contributed by atoms with van der Waals surface area (Å²) in [5.74, 6) is 1.11. The summed E-state index contributed by atoms with van der Waals surface area (Å²) in [6, 6.07) is 11.6. The molecule has 6 nitrogen and oxygen atoms in total. The standard InChI is InChI=1S/C24H26N2O4S/c1-14(2)25-24-26(19-7-5-6-15(3)16(19)4)23(28)22(31-24)11-17-8-9-20-21(10-17)29-13-18(12-27)30-20/h5-11,14,18,27H,12-13H2,1-4H3/b22-11-,25-24?. The number of rotatable bonds is 4. The Labute approximate surface area is 186 Å². The van der Waals surface area contributed by atoms with Crippen molar-refractivity contribution in [1.82, 2.24) is 0 Å². The van der Waals surface area contributed by atoms with Gasteiger partial charge in [-0.25, -0.2) is 0 Å². The number of thioether (sulfide) groups is 1. The van der Waals surface area contributed by atoms with Crippen molar-refractivity contribution >= 4 is 34.6 Å². The van der Waals surface area contributed by atoms with Gasteiger partial charge in [-0.15, -0.1) is 0 Å². The third kappa shape index (κ3) is 4.34.